The van der Waals surface area contributed by atoms with E-state index < -0.39 is 6.17 Å². The largest absolute Gasteiger partial charge is 0.475 e. The third-order valence-electron chi connectivity index (χ3n) is 7.93. The van der Waals surface area contributed by atoms with Crippen LogP contribution in [0.15, 0.2) is 85.2 Å². The maximum atomic E-state index is 15.2. The van der Waals surface area contributed by atoms with Crippen LogP contribution in [0.4, 0.5) is 10.2 Å². The molecule has 2 aliphatic heterocycles. The van der Waals surface area contributed by atoms with E-state index >= 15 is 4.39 Å². The minimum Gasteiger partial charge on any atom is -0.475 e. The minimum atomic E-state index is -1.07. The number of imidazole rings is 1. The fraction of sp³-hybridized carbons (Fsp3) is 0.242. The van der Waals surface area contributed by atoms with E-state index in [0.29, 0.717) is 44.4 Å². The molecule has 3 aromatic heterocycles. The van der Waals surface area contributed by atoms with E-state index in [2.05, 4.69) is 66.1 Å². The molecule has 0 unspecified atom stereocenters. The lowest BCUT2D eigenvalue weighted by molar-refractivity contribution is 0.121. The average Bonchev–Trinajstić information content (AvgIpc) is 3.33. The number of anilines is 1. The smallest absolute Gasteiger partial charge is 0.234 e. The van der Waals surface area contributed by atoms with Crippen LogP contribution in [-0.4, -0.2) is 61.3 Å². The molecule has 0 aliphatic carbocycles. The van der Waals surface area contributed by atoms with E-state index in [1.807, 2.05) is 36.4 Å². The average molecular weight is 573 g/mol. The van der Waals surface area contributed by atoms with Gasteiger partial charge in [-0.1, -0.05) is 54.6 Å². The molecule has 9 nitrogen and oxygen atoms in total. The van der Waals surface area contributed by atoms with Crippen LogP contribution in [0, 0.1) is 11.3 Å². The van der Waals surface area contributed by atoms with Gasteiger partial charge in [-0.2, -0.15) is 5.26 Å². The van der Waals surface area contributed by atoms with Crippen LogP contribution in [0.1, 0.15) is 17.8 Å². The molecule has 0 saturated carbocycles. The van der Waals surface area contributed by atoms with E-state index in [9.17, 15) is 0 Å². The molecule has 214 valence electrons. The third-order valence-corrected chi connectivity index (χ3v) is 7.93. The molecular weight excluding hydrogens is 543 g/mol. The second-order valence-electron chi connectivity index (χ2n) is 10.7. The molecular formula is C33H29FN8O. The molecule has 1 N–H and O–H groups in total. The number of likely N-dealkylation sites (tertiary alicyclic amines) is 1. The number of rotatable bonds is 6. The predicted octanol–water partition coefficient (Wildman–Crippen LogP) is 5.36. The van der Waals surface area contributed by atoms with Crippen LogP contribution in [0.3, 0.4) is 0 Å². The molecule has 43 heavy (non-hydrogen) atoms. The number of nitrogens with one attached hydrogen (secondary N) is 1. The number of nitriles is 1. The molecule has 7 rings (SSSR count). The van der Waals surface area contributed by atoms with Crippen molar-refractivity contribution in [1.29, 1.82) is 5.26 Å². The normalized spacial score (nSPS) is 18.0. The lowest BCUT2D eigenvalue weighted by atomic mass is 10.0. The molecule has 0 spiro atoms. The van der Waals surface area contributed by atoms with Crippen LogP contribution < -0.4 is 10.1 Å². The molecule has 5 heterocycles. The standard InChI is InChI=1S/C33H29FN8O/c34-26-21-41(16-13-27(26)38-28-12-15-36-29(19-35)39-28)20-22-8-10-23(11-9-22)30-31(24-5-2-1-3-6-24)42-17-18-43-33-25(32(42)40-30)7-4-14-37-33/h1-12,14-15,26-27H,13,16-18,20-21H2,(H,36,38,39)/t26-,27-/m0/s1. The molecule has 1 fully saturated rings. The fourth-order valence-corrected chi connectivity index (χ4v) is 5.86. The Labute approximate surface area is 248 Å². The molecule has 1 saturated heterocycles. The zero-order valence-electron chi connectivity index (χ0n) is 23.4. The van der Waals surface area contributed by atoms with E-state index in [4.69, 9.17) is 15.0 Å². The first-order chi connectivity index (χ1) is 21.2. The van der Waals surface area contributed by atoms with E-state index in [0.717, 1.165) is 46.0 Å². The van der Waals surface area contributed by atoms with Crippen molar-refractivity contribution in [2.24, 2.45) is 0 Å². The number of pyridine rings is 1. The van der Waals surface area contributed by atoms with Crippen LogP contribution >= 0.6 is 0 Å². The number of ether oxygens (including phenoxy) is 1. The summed E-state index contributed by atoms with van der Waals surface area (Å²) in [5.74, 6) is 1.98. The zero-order chi connectivity index (χ0) is 29.2. The first-order valence-electron chi connectivity index (χ1n) is 14.4. The van der Waals surface area contributed by atoms with Gasteiger partial charge in [-0.25, -0.2) is 24.3 Å². The monoisotopic (exact) mass is 572 g/mol. The molecule has 5 aromatic rings. The summed E-state index contributed by atoms with van der Waals surface area (Å²) < 4.78 is 23.3. The molecule has 2 atom stereocenters. The van der Waals surface area contributed by atoms with Gasteiger partial charge >= 0.3 is 0 Å². The van der Waals surface area contributed by atoms with Crippen LogP contribution in [0.5, 0.6) is 5.88 Å². The summed E-state index contributed by atoms with van der Waals surface area (Å²) in [7, 11) is 0. The molecule has 2 aliphatic rings. The highest BCUT2D eigenvalue weighted by molar-refractivity contribution is 5.83. The first kappa shape index (κ1) is 26.7. The second-order valence-corrected chi connectivity index (χ2v) is 10.7. The summed E-state index contributed by atoms with van der Waals surface area (Å²) in [5, 5.41) is 12.2. The number of fused-ring (bicyclic) bond motifs is 3. The highest BCUT2D eigenvalue weighted by Crippen LogP contribution is 2.39. The van der Waals surface area contributed by atoms with Crippen molar-refractivity contribution < 1.29 is 9.13 Å². The quantitative estimate of drug-likeness (QED) is 0.290. The van der Waals surface area contributed by atoms with Crippen molar-refractivity contribution in [3.63, 3.8) is 0 Å². The van der Waals surface area contributed by atoms with Crippen molar-refractivity contribution >= 4 is 5.82 Å². The van der Waals surface area contributed by atoms with Gasteiger partial charge in [0, 0.05) is 43.2 Å². The van der Waals surface area contributed by atoms with E-state index in [-0.39, 0.29) is 11.9 Å². The number of piperidine rings is 1. The summed E-state index contributed by atoms with van der Waals surface area (Å²) in [5.41, 5.74) is 6.05. The Morgan fingerprint density at radius 3 is 2.60 bits per heavy atom. The van der Waals surface area contributed by atoms with Gasteiger partial charge in [0.25, 0.3) is 0 Å². The summed E-state index contributed by atoms with van der Waals surface area (Å²) in [6.07, 6.45) is 2.81. The highest BCUT2D eigenvalue weighted by atomic mass is 19.1. The Kier molecular flexibility index (Phi) is 7.23. The molecule has 0 radical (unpaired) electrons. The van der Waals surface area contributed by atoms with Gasteiger partial charge in [0.1, 0.15) is 30.5 Å². The second kappa shape index (κ2) is 11.6. The summed E-state index contributed by atoms with van der Waals surface area (Å²) in [6, 6.07) is 25.9. The third kappa shape index (κ3) is 5.43. The maximum Gasteiger partial charge on any atom is 0.234 e. The molecule has 2 aromatic carbocycles. The summed E-state index contributed by atoms with van der Waals surface area (Å²) >= 11 is 0. The van der Waals surface area contributed by atoms with Crippen LogP contribution in [0.2, 0.25) is 0 Å². The number of aromatic nitrogens is 5. The number of nitrogens with zero attached hydrogens (tertiary/aromatic N) is 7. The predicted molar refractivity (Wildman–Crippen MR) is 161 cm³/mol. The Morgan fingerprint density at radius 1 is 0.930 bits per heavy atom. The summed E-state index contributed by atoms with van der Waals surface area (Å²) in [4.78, 5) is 19.7. The van der Waals surface area contributed by atoms with Crippen molar-refractivity contribution in [3.05, 3.63) is 96.6 Å². The first-order valence-corrected chi connectivity index (χ1v) is 14.4. The number of alkyl halides is 1. The topological polar surface area (TPSA) is 105 Å². The van der Waals surface area contributed by atoms with E-state index in [1.165, 1.54) is 6.20 Å². The van der Waals surface area contributed by atoms with Crippen molar-refractivity contribution in [3.8, 4) is 45.9 Å². The van der Waals surface area contributed by atoms with Crippen LogP contribution in [0.25, 0.3) is 33.9 Å². The molecule has 0 amide bonds. The van der Waals surface area contributed by atoms with E-state index in [1.54, 1.807) is 12.3 Å². The maximum absolute atomic E-state index is 15.2. The molecule has 0 bridgehead atoms. The van der Waals surface area contributed by atoms with Gasteiger partial charge in [-0.15, -0.1) is 0 Å². The Bertz CT molecular complexity index is 1780. The Balaban J connectivity index is 1.11. The Morgan fingerprint density at radius 2 is 1.79 bits per heavy atom. The number of hydrogen-bond donors (Lipinski definition) is 1. The van der Waals surface area contributed by atoms with Crippen molar-refractivity contribution in [2.75, 3.05) is 25.0 Å². The van der Waals surface area contributed by atoms with Gasteiger partial charge in [-0.05, 0) is 30.2 Å². The SMILES string of the molecule is N#Cc1nccc(N[C@H]2CCN(Cc3ccc(-c4nc5n(c4-c4ccccc4)CCOc4ncccc4-5)cc3)C[C@@H]2F)n1. The Hall–Kier alpha value is -5.14. The fourth-order valence-electron chi connectivity index (χ4n) is 5.86. The number of benzene rings is 2. The van der Waals surface area contributed by atoms with Gasteiger partial charge in [0.05, 0.1) is 29.5 Å². The van der Waals surface area contributed by atoms with Crippen molar-refractivity contribution in [2.45, 2.75) is 31.7 Å². The van der Waals surface area contributed by atoms with Gasteiger partial charge in [0.15, 0.2) is 0 Å². The van der Waals surface area contributed by atoms with Gasteiger partial charge < -0.3 is 14.6 Å². The van der Waals surface area contributed by atoms with Crippen molar-refractivity contribution in [1.82, 2.24) is 29.4 Å². The zero-order valence-corrected chi connectivity index (χ0v) is 23.4. The number of halogens is 1. The lowest BCUT2D eigenvalue weighted by Crippen LogP contribution is -2.47. The minimum absolute atomic E-state index is 0.0687. The van der Waals surface area contributed by atoms with Crippen LogP contribution in [-0.2, 0) is 13.1 Å². The highest BCUT2D eigenvalue weighted by Gasteiger charge is 2.30. The van der Waals surface area contributed by atoms with Gasteiger partial charge in [0.2, 0.25) is 11.7 Å². The molecule has 10 heteroatoms. The van der Waals surface area contributed by atoms with Gasteiger partial charge in [-0.3, -0.25) is 4.90 Å². The summed E-state index contributed by atoms with van der Waals surface area (Å²) in [6.45, 7) is 2.88. The lowest BCUT2D eigenvalue weighted by Gasteiger charge is -2.35. The number of hydrogen-bond acceptors (Lipinski definition) is 8.